The maximum atomic E-state index is 12.4. The molecular weight excluding hydrogens is 298 g/mol. The lowest BCUT2D eigenvalue weighted by molar-refractivity contribution is -0.126. The van der Waals surface area contributed by atoms with Gasteiger partial charge in [0, 0.05) is 32.0 Å². The van der Waals surface area contributed by atoms with E-state index in [1.54, 1.807) is 6.20 Å². The lowest BCUT2D eigenvalue weighted by atomic mass is 9.96. The zero-order chi connectivity index (χ0) is 16.6. The Morgan fingerprint density at radius 3 is 2.79 bits per heavy atom. The predicted octanol–water partition coefficient (Wildman–Crippen LogP) is 2.65. The molecule has 1 fully saturated rings. The first kappa shape index (κ1) is 16.7. The summed E-state index contributed by atoms with van der Waals surface area (Å²) in [5.74, 6) is 0.299. The molecule has 1 aromatic carbocycles. The number of carbonyl (C=O) groups excluding carboxylic acids is 1. The Labute approximate surface area is 143 Å². The van der Waals surface area contributed by atoms with E-state index in [9.17, 15) is 4.79 Å². The number of rotatable bonds is 6. The van der Waals surface area contributed by atoms with Crippen molar-refractivity contribution in [3.8, 4) is 0 Å². The van der Waals surface area contributed by atoms with Gasteiger partial charge in [0.1, 0.15) is 0 Å². The molecule has 1 aromatic heterocycles. The van der Waals surface area contributed by atoms with Crippen molar-refractivity contribution in [2.24, 2.45) is 5.92 Å². The van der Waals surface area contributed by atoms with Crippen molar-refractivity contribution in [2.45, 2.75) is 25.8 Å². The van der Waals surface area contributed by atoms with Gasteiger partial charge in [-0.25, -0.2) is 0 Å². The number of nitrogens with one attached hydrogen (secondary N) is 1. The second kappa shape index (κ2) is 8.60. The fourth-order valence-corrected chi connectivity index (χ4v) is 3.28. The number of benzene rings is 1. The second-order valence-electron chi connectivity index (χ2n) is 6.46. The van der Waals surface area contributed by atoms with Crippen molar-refractivity contribution < 1.29 is 4.79 Å². The number of pyridine rings is 1. The molecule has 0 aliphatic carbocycles. The Morgan fingerprint density at radius 2 is 2.00 bits per heavy atom. The van der Waals surface area contributed by atoms with Gasteiger partial charge in [-0.1, -0.05) is 36.4 Å². The van der Waals surface area contributed by atoms with Crippen LogP contribution in [0.25, 0.3) is 0 Å². The molecule has 2 heterocycles. The highest BCUT2D eigenvalue weighted by Crippen LogP contribution is 2.18. The molecular formula is C20H25N3O. The molecule has 2 aromatic rings. The molecule has 1 aliphatic heterocycles. The molecule has 1 amide bonds. The van der Waals surface area contributed by atoms with E-state index in [0.717, 1.165) is 44.5 Å². The summed E-state index contributed by atoms with van der Waals surface area (Å²) in [7, 11) is 0. The predicted molar refractivity (Wildman–Crippen MR) is 95.4 cm³/mol. The fraction of sp³-hybridized carbons (Fsp3) is 0.400. The molecule has 126 valence electrons. The topological polar surface area (TPSA) is 45.2 Å². The van der Waals surface area contributed by atoms with Gasteiger partial charge >= 0.3 is 0 Å². The van der Waals surface area contributed by atoms with Crippen LogP contribution in [0.5, 0.6) is 0 Å². The van der Waals surface area contributed by atoms with Gasteiger partial charge in [0.05, 0.1) is 5.92 Å². The number of nitrogens with zero attached hydrogens (tertiary/aromatic N) is 2. The molecule has 24 heavy (non-hydrogen) atoms. The van der Waals surface area contributed by atoms with E-state index in [-0.39, 0.29) is 11.8 Å². The Balaban J connectivity index is 1.44. The summed E-state index contributed by atoms with van der Waals surface area (Å²) in [6, 6.07) is 14.5. The van der Waals surface area contributed by atoms with Gasteiger partial charge < -0.3 is 5.32 Å². The molecule has 1 saturated heterocycles. The van der Waals surface area contributed by atoms with Gasteiger partial charge in [0.15, 0.2) is 0 Å². The third kappa shape index (κ3) is 4.90. The summed E-state index contributed by atoms with van der Waals surface area (Å²) >= 11 is 0. The van der Waals surface area contributed by atoms with Crippen molar-refractivity contribution in [3.63, 3.8) is 0 Å². The third-order valence-corrected chi connectivity index (χ3v) is 4.56. The van der Waals surface area contributed by atoms with E-state index in [4.69, 9.17) is 0 Å². The van der Waals surface area contributed by atoms with Crippen LogP contribution in [0.2, 0.25) is 0 Å². The van der Waals surface area contributed by atoms with Crippen molar-refractivity contribution in [1.82, 2.24) is 15.2 Å². The molecule has 4 heteroatoms. The Morgan fingerprint density at radius 1 is 1.17 bits per heavy atom. The van der Waals surface area contributed by atoms with Crippen LogP contribution in [0.3, 0.4) is 0 Å². The van der Waals surface area contributed by atoms with E-state index < -0.39 is 0 Å². The summed E-state index contributed by atoms with van der Waals surface area (Å²) in [4.78, 5) is 18.9. The van der Waals surface area contributed by atoms with Crippen molar-refractivity contribution in [2.75, 3.05) is 19.6 Å². The minimum absolute atomic E-state index is 0.108. The van der Waals surface area contributed by atoms with Crippen molar-refractivity contribution in [3.05, 3.63) is 66.0 Å². The number of carbonyl (C=O) groups is 1. The molecule has 0 unspecified atom stereocenters. The standard InChI is InChI=1S/C20H25N3O/c24-20(22-12-10-17-8-4-11-21-14-17)19-9-5-13-23(16-19)15-18-6-2-1-3-7-18/h1-4,6-8,11,14,19H,5,9-10,12-13,15-16H2,(H,22,24)/t19-/m0/s1. The first-order valence-electron chi connectivity index (χ1n) is 8.74. The highest BCUT2D eigenvalue weighted by atomic mass is 16.1. The van der Waals surface area contributed by atoms with Gasteiger partial charge in [0.2, 0.25) is 5.91 Å². The maximum absolute atomic E-state index is 12.4. The maximum Gasteiger partial charge on any atom is 0.224 e. The van der Waals surface area contributed by atoms with Crippen LogP contribution in [0, 0.1) is 5.92 Å². The Hall–Kier alpha value is -2.20. The summed E-state index contributed by atoms with van der Waals surface area (Å²) in [6.07, 6.45) is 6.54. The summed E-state index contributed by atoms with van der Waals surface area (Å²) in [5.41, 5.74) is 2.47. The molecule has 0 radical (unpaired) electrons. The van der Waals surface area contributed by atoms with Crippen molar-refractivity contribution in [1.29, 1.82) is 0 Å². The first-order valence-corrected chi connectivity index (χ1v) is 8.74. The minimum atomic E-state index is 0.108. The van der Waals surface area contributed by atoms with Crippen LogP contribution in [0.1, 0.15) is 24.0 Å². The Bertz CT molecular complexity index is 630. The van der Waals surface area contributed by atoms with E-state index in [0.29, 0.717) is 6.54 Å². The number of amides is 1. The van der Waals surface area contributed by atoms with E-state index in [2.05, 4.69) is 39.5 Å². The van der Waals surface area contributed by atoms with Crippen LogP contribution in [-0.2, 0) is 17.8 Å². The summed E-state index contributed by atoms with van der Waals surface area (Å²) in [5, 5.41) is 3.09. The zero-order valence-electron chi connectivity index (χ0n) is 14.0. The van der Waals surface area contributed by atoms with Gasteiger partial charge in [-0.15, -0.1) is 0 Å². The highest BCUT2D eigenvalue weighted by molar-refractivity contribution is 5.78. The zero-order valence-corrected chi connectivity index (χ0v) is 14.0. The van der Waals surface area contributed by atoms with Gasteiger partial charge in [-0.2, -0.15) is 0 Å². The van der Waals surface area contributed by atoms with Gasteiger partial charge in [-0.05, 0) is 43.0 Å². The summed E-state index contributed by atoms with van der Waals surface area (Å²) < 4.78 is 0. The summed E-state index contributed by atoms with van der Waals surface area (Å²) in [6.45, 7) is 3.54. The smallest absolute Gasteiger partial charge is 0.224 e. The average Bonchev–Trinajstić information content (AvgIpc) is 2.64. The lowest BCUT2D eigenvalue weighted by Gasteiger charge is -2.32. The molecule has 1 N–H and O–H groups in total. The number of piperidine rings is 1. The quantitative estimate of drug-likeness (QED) is 0.889. The molecule has 3 rings (SSSR count). The molecule has 0 saturated carbocycles. The Kier molecular flexibility index (Phi) is 5.96. The molecule has 4 nitrogen and oxygen atoms in total. The van der Waals surface area contributed by atoms with Crippen LogP contribution < -0.4 is 5.32 Å². The van der Waals surface area contributed by atoms with Crippen molar-refractivity contribution >= 4 is 5.91 Å². The van der Waals surface area contributed by atoms with E-state index >= 15 is 0 Å². The minimum Gasteiger partial charge on any atom is -0.355 e. The normalized spacial score (nSPS) is 18.2. The van der Waals surface area contributed by atoms with Crippen LogP contribution in [-0.4, -0.2) is 35.4 Å². The molecule has 0 bridgehead atoms. The number of likely N-dealkylation sites (tertiary alicyclic amines) is 1. The van der Waals surface area contributed by atoms with Crippen LogP contribution in [0.4, 0.5) is 0 Å². The third-order valence-electron chi connectivity index (χ3n) is 4.56. The monoisotopic (exact) mass is 323 g/mol. The highest BCUT2D eigenvalue weighted by Gasteiger charge is 2.25. The average molecular weight is 323 g/mol. The van der Waals surface area contributed by atoms with Gasteiger partial charge in [-0.3, -0.25) is 14.7 Å². The SMILES string of the molecule is O=C(NCCc1cccnc1)[C@H]1CCCN(Cc2ccccc2)C1. The molecule has 1 atom stereocenters. The molecule has 1 aliphatic rings. The largest absolute Gasteiger partial charge is 0.355 e. The molecule has 0 spiro atoms. The van der Waals surface area contributed by atoms with E-state index in [1.165, 1.54) is 5.56 Å². The first-order chi connectivity index (χ1) is 11.8. The van der Waals surface area contributed by atoms with Gasteiger partial charge in [0.25, 0.3) is 0 Å². The van der Waals surface area contributed by atoms with E-state index in [1.807, 2.05) is 24.4 Å². The second-order valence-corrected chi connectivity index (χ2v) is 6.46. The number of hydrogen-bond acceptors (Lipinski definition) is 3. The fourth-order valence-electron chi connectivity index (χ4n) is 3.28. The lowest BCUT2D eigenvalue weighted by Crippen LogP contribution is -2.43. The van der Waals surface area contributed by atoms with Crippen LogP contribution in [0.15, 0.2) is 54.9 Å². The number of hydrogen-bond donors (Lipinski definition) is 1. The van der Waals surface area contributed by atoms with Crippen LogP contribution >= 0.6 is 0 Å². The number of aromatic nitrogens is 1.